The molecule has 0 radical (unpaired) electrons. The highest BCUT2D eigenvalue weighted by molar-refractivity contribution is 5.55. The molecule has 0 fully saturated rings. The topological polar surface area (TPSA) is 61.8 Å². The number of nitrogens with zero attached hydrogens (tertiary/aromatic N) is 1. The fourth-order valence-corrected chi connectivity index (χ4v) is 0.991. The number of benzene rings is 1. The number of nitrogen functional groups attached to an aromatic ring is 1. The quantitative estimate of drug-likeness (QED) is 0.500. The van der Waals surface area contributed by atoms with E-state index in [1.54, 1.807) is 18.2 Å². The molecule has 0 aliphatic rings. The van der Waals surface area contributed by atoms with Gasteiger partial charge < -0.3 is 11.1 Å². The van der Waals surface area contributed by atoms with Gasteiger partial charge in [0.2, 0.25) is 0 Å². The summed E-state index contributed by atoms with van der Waals surface area (Å²) in [4.78, 5) is 0. The Morgan fingerprint density at radius 2 is 2.21 bits per heavy atom. The molecule has 0 amide bonds. The van der Waals surface area contributed by atoms with Gasteiger partial charge in [-0.25, -0.2) is 0 Å². The van der Waals surface area contributed by atoms with E-state index in [-0.39, 0.29) is 0 Å². The van der Waals surface area contributed by atoms with Gasteiger partial charge in [-0.15, -0.1) is 0 Å². The molecule has 0 saturated carbocycles. The molecule has 3 nitrogen and oxygen atoms in total. The second kappa shape index (κ2) is 4.91. The molecule has 1 aromatic carbocycles. The molecule has 3 N–H and O–H groups in total. The molecule has 1 aromatic rings. The Bertz CT molecular complexity index is 418. The van der Waals surface area contributed by atoms with Crippen molar-refractivity contribution in [1.29, 1.82) is 5.26 Å². The average Bonchev–Trinajstić information content (AvgIpc) is 2.20. The van der Waals surface area contributed by atoms with Crippen molar-refractivity contribution in [3.8, 4) is 17.9 Å². The van der Waals surface area contributed by atoms with Crippen LogP contribution in [0, 0.1) is 23.2 Å². The molecule has 0 heterocycles. The third-order valence-corrected chi connectivity index (χ3v) is 1.65. The van der Waals surface area contributed by atoms with Crippen molar-refractivity contribution in [3.63, 3.8) is 0 Å². The molecule has 70 valence electrons. The lowest BCUT2D eigenvalue weighted by molar-refractivity contribution is 0.938. The minimum absolute atomic E-state index is 0.522. The zero-order valence-electron chi connectivity index (χ0n) is 7.96. The predicted molar refractivity (Wildman–Crippen MR) is 56.4 cm³/mol. The van der Waals surface area contributed by atoms with Gasteiger partial charge in [-0.2, -0.15) is 5.26 Å². The van der Waals surface area contributed by atoms with Crippen LogP contribution in [0.3, 0.4) is 0 Å². The lowest BCUT2D eigenvalue weighted by Gasteiger charge is -1.96. The van der Waals surface area contributed by atoms with E-state index in [2.05, 4.69) is 23.2 Å². The van der Waals surface area contributed by atoms with Gasteiger partial charge in [0, 0.05) is 11.3 Å². The first-order valence-corrected chi connectivity index (χ1v) is 4.21. The van der Waals surface area contributed by atoms with E-state index in [9.17, 15) is 0 Å². The molecular formula is C11H11N3. The van der Waals surface area contributed by atoms with E-state index in [4.69, 9.17) is 11.0 Å². The van der Waals surface area contributed by atoms with Crippen LogP contribution in [0.4, 0.5) is 5.69 Å². The maximum Gasteiger partial charge on any atom is 0.101 e. The summed E-state index contributed by atoms with van der Waals surface area (Å²) in [5.41, 5.74) is 7.37. The Hall–Kier alpha value is -1.97. The fraction of sp³-hybridized carbons (Fsp3) is 0.182. The smallest absolute Gasteiger partial charge is 0.101 e. The van der Waals surface area contributed by atoms with Crippen molar-refractivity contribution in [1.82, 2.24) is 5.32 Å². The van der Waals surface area contributed by atoms with Crippen molar-refractivity contribution >= 4 is 5.69 Å². The molecule has 0 saturated heterocycles. The number of nitriles is 1. The maximum atomic E-state index is 8.81. The van der Waals surface area contributed by atoms with Crippen LogP contribution >= 0.6 is 0 Å². The van der Waals surface area contributed by atoms with Gasteiger partial charge in [0.25, 0.3) is 0 Å². The van der Waals surface area contributed by atoms with Crippen LogP contribution in [0.25, 0.3) is 0 Å². The number of hydrogen-bond acceptors (Lipinski definition) is 3. The van der Waals surface area contributed by atoms with Gasteiger partial charge in [0.05, 0.1) is 12.1 Å². The molecular weight excluding hydrogens is 174 g/mol. The standard InChI is InChI=1S/C11H11N3/c1-14-6-2-3-9-4-5-11(13)7-10(9)8-12/h4-5,7,14H,6,13H2,1H3. The summed E-state index contributed by atoms with van der Waals surface area (Å²) in [6.45, 7) is 0.606. The molecule has 3 heteroatoms. The molecule has 14 heavy (non-hydrogen) atoms. The van der Waals surface area contributed by atoms with Gasteiger partial charge in [-0.05, 0) is 25.2 Å². The SMILES string of the molecule is CNCC#Cc1ccc(N)cc1C#N. The van der Waals surface area contributed by atoms with Crippen molar-refractivity contribution < 1.29 is 0 Å². The Labute approximate surface area is 83.5 Å². The van der Waals surface area contributed by atoms with Crippen LogP contribution < -0.4 is 11.1 Å². The minimum atomic E-state index is 0.522. The van der Waals surface area contributed by atoms with E-state index in [0.717, 1.165) is 5.56 Å². The summed E-state index contributed by atoms with van der Waals surface area (Å²) in [5.74, 6) is 5.79. The molecule has 0 aromatic heterocycles. The minimum Gasteiger partial charge on any atom is -0.399 e. The molecule has 0 unspecified atom stereocenters. The largest absolute Gasteiger partial charge is 0.399 e. The monoisotopic (exact) mass is 185 g/mol. The summed E-state index contributed by atoms with van der Waals surface area (Å²) >= 11 is 0. The third-order valence-electron chi connectivity index (χ3n) is 1.65. The third kappa shape index (κ3) is 2.52. The molecule has 0 bridgehead atoms. The number of nitrogens with one attached hydrogen (secondary N) is 1. The fourth-order valence-electron chi connectivity index (χ4n) is 0.991. The van der Waals surface area contributed by atoms with Crippen molar-refractivity contribution in [2.45, 2.75) is 0 Å². The van der Waals surface area contributed by atoms with Gasteiger partial charge in [-0.1, -0.05) is 11.8 Å². The highest BCUT2D eigenvalue weighted by Gasteiger charge is 1.98. The molecule has 0 atom stereocenters. The summed E-state index contributed by atoms with van der Waals surface area (Å²) < 4.78 is 0. The highest BCUT2D eigenvalue weighted by atomic mass is 14.8. The first-order chi connectivity index (χ1) is 6.77. The van der Waals surface area contributed by atoms with Crippen LogP contribution in [0.2, 0.25) is 0 Å². The summed E-state index contributed by atoms with van der Waals surface area (Å²) in [5, 5.41) is 11.7. The predicted octanol–water partition coefficient (Wildman–Crippen LogP) is 0.711. The Morgan fingerprint density at radius 1 is 1.43 bits per heavy atom. The van der Waals surface area contributed by atoms with Gasteiger partial charge in [0.1, 0.15) is 6.07 Å². The second-order valence-electron chi connectivity index (χ2n) is 2.75. The molecule has 0 aliphatic heterocycles. The second-order valence-corrected chi connectivity index (χ2v) is 2.75. The van der Waals surface area contributed by atoms with Crippen molar-refractivity contribution in [3.05, 3.63) is 29.3 Å². The van der Waals surface area contributed by atoms with Crippen molar-refractivity contribution in [2.75, 3.05) is 19.3 Å². The van der Waals surface area contributed by atoms with Crippen LogP contribution in [0.15, 0.2) is 18.2 Å². The lowest BCUT2D eigenvalue weighted by Crippen LogP contribution is -2.04. The van der Waals surface area contributed by atoms with Gasteiger partial charge >= 0.3 is 0 Å². The Balaban J connectivity index is 3.00. The first kappa shape index (κ1) is 10.1. The zero-order valence-corrected chi connectivity index (χ0v) is 7.96. The lowest BCUT2D eigenvalue weighted by atomic mass is 10.1. The summed E-state index contributed by atoms with van der Waals surface area (Å²) in [6.07, 6.45) is 0. The van der Waals surface area contributed by atoms with E-state index in [1.807, 2.05) is 7.05 Å². The van der Waals surface area contributed by atoms with E-state index in [0.29, 0.717) is 17.8 Å². The van der Waals surface area contributed by atoms with Gasteiger partial charge in [-0.3, -0.25) is 0 Å². The normalized spacial score (nSPS) is 8.57. The van der Waals surface area contributed by atoms with E-state index >= 15 is 0 Å². The number of nitrogens with two attached hydrogens (primary N) is 1. The Kier molecular flexibility index (Phi) is 3.55. The van der Waals surface area contributed by atoms with Crippen molar-refractivity contribution in [2.24, 2.45) is 0 Å². The van der Waals surface area contributed by atoms with Gasteiger partial charge in [0.15, 0.2) is 0 Å². The molecule has 0 aliphatic carbocycles. The number of rotatable bonds is 1. The molecule has 1 rings (SSSR count). The summed E-state index contributed by atoms with van der Waals surface area (Å²) in [6, 6.07) is 7.19. The van der Waals surface area contributed by atoms with Crippen LogP contribution in [-0.2, 0) is 0 Å². The maximum absolute atomic E-state index is 8.81. The van der Waals surface area contributed by atoms with Crippen LogP contribution in [0.5, 0.6) is 0 Å². The number of hydrogen-bond donors (Lipinski definition) is 2. The zero-order chi connectivity index (χ0) is 10.4. The van der Waals surface area contributed by atoms with E-state index in [1.165, 1.54) is 0 Å². The first-order valence-electron chi connectivity index (χ1n) is 4.21. The van der Waals surface area contributed by atoms with Crippen LogP contribution in [0.1, 0.15) is 11.1 Å². The Morgan fingerprint density at radius 3 is 2.86 bits per heavy atom. The summed E-state index contributed by atoms with van der Waals surface area (Å²) in [7, 11) is 1.82. The van der Waals surface area contributed by atoms with E-state index < -0.39 is 0 Å². The molecule has 0 spiro atoms. The van der Waals surface area contributed by atoms with Crippen LogP contribution in [-0.4, -0.2) is 13.6 Å². The highest BCUT2D eigenvalue weighted by Crippen LogP contribution is 2.11. The number of anilines is 1. The average molecular weight is 185 g/mol.